The molecule has 0 radical (unpaired) electrons. The summed E-state index contributed by atoms with van der Waals surface area (Å²) in [6.45, 7) is 0.448. The van der Waals surface area contributed by atoms with E-state index >= 15 is 0 Å². The van der Waals surface area contributed by atoms with Crippen LogP contribution in [0.1, 0.15) is 26.5 Å². The number of pyridine rings is 1. The smallest absolute Gasteiger partial charge is 0.354 e. The topological polar surface area (TPSA) is 97.1 Å². The molecule has 7 heteroatoms. The normalized spacial score (nSPS) is 10.2. The van der Waals surface area contributed by atoms with Crippen LogP contribution in [0.4, 0.5) is 0 Å². The van der Waals surface area contributed by atoms with Gasteiger partial charge in [-0.15, -0.1) is 0 Å². The highest BCUT2D eigenvalue weighted by molar-refractivity contribution is 5.96. The Morgan fingerprint density at radius 3 is 2.80 bits per heavy atom. The van der Waals surface area contributed by atoms with E-state index in [0.29, 0.717) is 13.0 Å². The summed E-state index contributed by atoms with van der Waals surface area (Å²) in [5.74, 6) is -1.48. The summed E-state index contributed by atoms with van der Waals surface area (Å²) in [5, 5.41) is 15.6. The van der Waals surface area contributed by atoms with Crippen molar-refractivity contribution < 1.29 is 14.7 Å². The molecular weight excluding hydrogens is 260 g/mol. The molecule has 0 fully saturated rings. The zero-order chi connectivity index (χ0) is 14.5. The first-order chi connectivity index (χ1) is 9.58. The Morgan fingerprint density at radius 2 is 2.15 bits per heavy atom. The van der Waals surface area contributed by atoms with Crippen molar-refractivity contribution in [3.8, 4) is 0 Å². The lowest BCUT2D eigenvalue weighted by Crippen LogP contribution is -2.26. The maximum absolute atomic E-state index is 11.9. The first-order valence-corrected chi connectivity index (χ1v) is 6.02. The Labute approximate surface area is 115 Å². The molecule has 2 N–H and O–H groups in total. The van der Waals surface area contributed by atoms with Gasteiger partial charge in [-0.05, 0) is 18.2 Å². The van der Waals surface area contributed by atoms with Crippen molar-refractivity contribution in [2.45, 2.75) is 6.42 Å². The average molecular weight is 274 g/mol. The van der Waals surface area contributed by atoms with E-state index in [1.165, 1.54) is 18.3 Å². The summed E-state index contributed by atoms with van der Waals surface area (Å²) >= 11 is 0. The van der Waals surface area contributed by atoms with Crippen LogP contribution in [0.15, 0.2) is 30.6 Å². The largest absolute Gasteiger partial charge is 0.477 e. The van der Waals surface area contributed by atoms with Gasteiger partial charge in [0.2, 0.25) is 0 Å². The van der Waals surface area contributed by atoms with E-state index in [1.54, 1.807) is 10.9 Å². The van der Waals surface area contributed by atoms with Crippen LogP contribution in [0.5, 0.6) is 0 Å². The van der Waals surface area contributed by atoms with Gasteiger partial charge < -0.3 is 10.4 Å². The lowest BCUT2D eigenvalue weighted by atomic mass is 10.2. The average Bonchev–Trinajstić information content (AvgIpc) is 2.84. The fourth-order valence-electron chi connectivity index (χ4n) is 1.74. The molecule has 104 valence electrons. The highest BCUT2D eigenvalue weighted by Gasteiger charge is 2.10. The van der Waals surface area contributed by atoms with E-state index in [4.69, 9.17) is 5.11 Å². The number of nitrogens with zero attached hydrogens (tertiary/aromatic N) is 3. The fourth-order valence-corrected chi connectivity index (χ4v) is 1.74. The van der Waals surface area contributed by atoms with Crippen LogP contribution in [-0.2, 0) is 13.5 Å². The molecule has 0 saturated carbocycles. The Morgan fingerprint density at radius 1 is 1.35 bits per heavy atom. The molecule has 7 nitrogen and oxygen atoms in total. The molecule has 0 saturated heterocycles. The quantitative estimate of drug-likeness (QED) is 0.826. The molecule has 0 aromatic carbocycles. The molecular formula is C13H14N4O3. The van der Waals surface area contributed by atoms with Gasteiger partial charge in [0.15, 0.2) is 0 Å². The van der Waals surface area contributed by atoms with Gasteiger partial charge in [0, 0.05) is 43.7 Å². The minimum Gasteiger partial charge on any atom is -0.477 e. The maximum atomic E-state index is 11.9. The molecule has 20 heavy (non-hydrogen) atoms. The Kier molecular flexibility index (Phi) is 4.09. The van der Waals surface area contributed by atoms with E-state index in [9.17, 15) is 9.59 Å². The second kappa shape index (κ2) is 5.96. The van der Waals surface area contributed by atoms with Gasteiger partial charge in [-0.2, -0.15) is 5.10 Å². The van der Waals surface area contributed by atoms with Crippen molar-refractivity contribution in [2.24, 2.45) is 7.05 Å². The number of aromatic nitrogens is 3. The van der Waals surface area contributed by atoms with Gasteiger partial charge in [0.05, 0.1) is 0 Å². The number of aromatic carboxylic acids is 1. The summed E-state index contributed by atoms with van der Waals surface area (Å²) in [4.78, 5) is 26.3. The van der Waals surface area contributed by atoms with Crippen LogP contribution in [0, 0.1) is 0 Å². The van der Waals surface area contributed by atoms with Gasteiger partial charge in [-0.25, -0.2) is 9.78 Å². The fraction of sp³-hybridized carbons (Fsp3) is 0.231. The van der Waals surface area contributed by atoms with Crippen LogP contribution < -0.4 is 5.32 Å². The zero-order valence-electron chi connectivity index (χ0n) is 10.9. The molecule has 1 amide bonds. The van der Waals surface area contributed by atoms with Crippen molar-refractivity contribution in [3.63, 3.8) is 0 Å². The molecule has 2 aromatic heterocycles. The number of rotatable bonds is 5. The van der Waals surface area contributed by atoms with Crippen LogP contribution in [0.3, 0.4) is 0 Å². The number of carbonyl (C=O) groups is 2. The first-order valence-electron chi connectivity index (χ1n) is 6.02. The van der Waals surface area contributed by atoms with Gasteiger partial charge >= 0.3 is 5.97 Å². The molecule has 0 spiro atoms. The van der Waals surface area contributed by atoms with Crippen molar-refractivity contribution >= 4 is 11.9 Å². The minimum absolute atomic E-state index is 0.149. The summed E-state index contributed by atoms with van der Waals surface area (Å²) in [7, 11) is 1.83. The first kappa shape index (κ1) is 13.7. The van der Waals surface area contributed by atoms with E-state index in [-0.39, 0.29) is 17.2 Å². The molecule has 2 rings (SSSR count). The molecule has 0 aliphatic rings. The number of carboxylic acid groups (broad SMARTS) is 1. The lowest BCUT2D eigenvalue weighted by molar-refractivity contribution is 0.0690. The molecule has 2 aromatic rings. The SMILES string of the molecule is Cn1nccc1CCNC(=O)c1ccnc(C(=O)O)c1. The Bertz CT molecular complexity index is 636. The summed E-state index contributed by atoms with van der Waals surface area (Å²) in [6, 6.07) is 4.61. The van der Waals surface area contributed by atoms with Gasteiger partial charge in [0.1, 0.15) is 5.69 Å². The maximum Gasteiger partial charge on any atom is 0.354 e. The third-order valence-corrected chi connectivity index (χ3v) is 2.83. The highest BCUT2D eigenvalue weighted by atomic mass is 16.4. The third kappa shape index (κ3) is 3.19. The lowest BCUT2D eigenvalue weighted by Gasteiger charge is -2.06. The van der Waals surface area contributed by atoms with Crippen LogP contribution in [0.2, 0.25) is 0 Å². The second-order valence-electron chi connectivity index (χ2n) is 4.19. The van der Waals surface area contributed by atoms with E-state index < -0.39 is 5.97 Å². The van der Waals surface area contributed by atoms with Gasteiger partial charge in [-0.1, -0.05) is 0 Å². The van der Waals surface area contributed by atoms with Gasteiger partial charge in [-0.3, -0.25) is 9.48 Å². The number of hydrogen-bond donors (Lipinski definition) is 2. The number of carbonyl (C=O) groups excluding carboxylic acids is 1. The number of nitrogens with one attached hydrogen (secondary N) is 1. The van der Waals surface area contributed by atoms with Crippen molar-refractivity contribution in [1.82, 2.24) is 20.1 Å². The van der Waals surface area contributed by atoms with Crippen LogP contribution in [0.25, 0.3) is 0 Å². The summed E-state index contributed by atoms with van der Waals surface area (Å²) in [6.07, 6.45) is 3.65. The standard InChI is InChI=1S/C13H14N4O3/c1-17-10(4-7-16-17)3-6-15-12(18)9-2-5-14-11(8-9)13(19)20/h2,4-5,7-8H,3,6H2,1H3,(H,15,18)(H,19,20). The molecule has 2 heterocycles. The third-order valence-electron chi connectivity index (χ3n) is 2.83. The highest BCUT2D eigenvalue weighted by Crippen LogP contribution is 2.02. The van der Waals surface area contributed by atoms with E-state index in [1.807, 2.05) is 13.1 Å². The second-order valence-corrected chi connectivity index (χ2v) is 4.19. The predicted octanol–water partition coefficient (Wildman–Crippen LogP) is 0.486. The molecule has 0 unspecified atom stereocenters. The zero-order valence-corrected chi connectivity index (χ0v) is 10.9. The Balaban J connectivity index is 1.93. The van der Waals surface area contributed by atoms with E-state index in [2.05, 4.69) is 15.4 Å². The van der Waals surface area contributed by atoms with Crippen molar-refractivity contribution in [3.05, 3.63) is 47.5 Å². The Hall–Kier alpha value is -2.70. The predicted molar refractivity (Wildman–Crippen MR) is 70.4 cm³/mol. The molecule has 0 bridgehead atoms. The van der Waals surface area contributed by atoms with Crippen LogP contribution >= 0.6 is 0 Å². The summed E-state index contributed by atoms with van der Waals surface area (Å²) < 4.78 is 1.74. The number of aryl methyl sites for hydroxylation is 1. The molecule has 0 atom stereocenters. The van der Waals surface area contributed by atoms with Crippen LogP contribution in [-0.4, -0.2) is 38.3 Å². The minimum atomic E-state index is -1.16. The van der Waals surface area contributed by atoms with E-state index in [0.717, 1.165) is 5.69 Å². The van der Waals surface area contributed by atoms with Gasteiger partial charge in [0.25, 0.3) is 5.91 Å². The van der Waals surface area contributed by atoms with Crippen molar-refractivity contribution in [2.75, 3.05) is 6.54 Å². The molecule has 0 aliphatic carbocycles. The number of hydrogen-bond acceptors (Lipinski definition) is 4. The summed E-state index contributed by atoms with van der Waals surface area (Å²) in [5.41, 5.74) is 1.14. The number of amides is 1. The van der Waals surface area contributed by atoms with Crippen molar-refractivity contribution in [1.29, 1.82) is 0 Å². The monoisotopic (exact) mass is 274 g/mol. The number of carboxylic acids is 1. The molecule has 0 aliphatic heterocycles.